The molecule has 0 spiro atoms. The van der Waals surface area contributed by atoms with Gasteiger partial charge in [-0.1, -0.05) is 0 Å². The third kappa shape index (κ3) is 4.49. The molecular formula is C27H31BrNOP. The Hall–Kier alpha value is -1.96. The zero-order valence-corrected chi connectivity index (χ0v) is 20.4. The molecule has 1 aliphatic carbocycles. The number of nitrogens with one attached hydrogen (secondary N) is 1. The minimum absolute atomic E-state index is 0.170. The van der Waals surface area contributed by atoms with Gasteiger partial charge in [-0.15, -0.1) is 0 Å². The summed E-state index contributed by atoms with van der Waals surface area (Å²) in [6.45, 7) is 0. The monoisotopic (exact) mass is 495 g/mol. The van der Waals surface area contributed by atoms with Crippen LogP contribution in [0.25, 0.3) is 0 Å². The normalized spacial score (nSPS) is 16.2. The first-order valence-corrected chi connectivity index (χ1v) is 15.7. The van der Waals surface area contributed by atoms with Crippen LogP contribution in [0.4, 0.5) is 0 Å². The van der Waals surface area contributed by atoms with E-state index < -0.39 is 5.31 Å². The van der Waals surface area contributed by atoms with Crippen LogP contribution in [0, 0.1) is 0 Å². The van der Waals surface area contributed by atoms with Gasteiger partial charge in [0.1, 0.15) is 0 Å². The first-order chi connectivity index (χ1) is 15.1. The van der Waals surface area contributed by atoms with E-state index in [9.17, 15) is 4.79 Å². The summed E-state index contributed by atoms with van der Waals surface area (Å²) >= 11 is 4.42. The van der Waals surface area contributed by atoms with Crippen LogP contribution < -0.4 is 21.2 Å². The van der Waals surface area contributed by atoms with E-state index in [0.717, 1.165) is 19.0 Å². The number of benzene rings is 3. The van der Waals surface area contributed by atoms with Crippen molar-refractivity contribution < 1.29 is 4.79 Å². The van der Waals surface area contributed by atoms with Crippen molar-refractivity contribution in [3.8, 4) is 0 Å². The predicted octanol–water partition coefficient (Wildman–Crippen LogP) is 5.67. The van der Waals surface area contributed by atoms with Crippen molar-refractivity contribution in [2.24, 2.45) is 0 Å². The van der Waals surface area contributed by atoms with Crippen molar-refractivity contribution >= 4 is 42.6 Å². The quantitative estimate of drug-likeness (QED) is 0.420. The van der Waals surface area contributed by atoms with E-state index in [-0.39, 0.29) is 5.91 Å². The van der Waals surface area contributed by atoms with Crippen molar-refractivity contribution in [1.29, 1.82) is 0 Å². The molecule has 1 amide bonds. The van der Waals surface area contributed by atoms with E-state index in [1.807, 2.05) is 0 Å². The van der Waals surface area contributed by atoms with Crippen molar-refractivity contribution in [2.45, 2.75) is 44.6 Å². The first kappa shape index (κ1) is 22.2. The molecule has 2 nitrogen and oxygen atoms in total. The van der Waals surface area contributed by atoms with Crippen molar-refractivity contribution in [1.82, 2.24) is 5.32 Å². The Labute approximate surface area is 194 Å². The standard InChI is InChI=1S/C27H31BrNOP/c28-31(24-15-7-2-8-16-24,25-17-9-3-10-18-25,26-19-11-4-12-20-26)22-21-27(30)29-23-13-5-1-6-14-23/h2-4,7-12,15-20,23H,1,5-6,13-14,21-22H2,(H,29,30). The van der Waals surface area contributed by atoms with E-state index in [0.29, 0.717) is 12.5 Å². The molecule has 3 aromatic carbocycles. The van der Waals surface area contributed by atoms with Gasteiger partial charge in [0, 0.05) is 0 Å². The topological polar surface area (TPSA) is 29.1 Å². The van der Waals surface area contributed by atoms with Gasteiger partial charge in [-0.25, -0.2) is 0 Å². The molecule has 0 radical (unpaired) electrons. The third-order valence-corrected chi connectivity index (χ3v) is 16.6. The number of carbonyl (C=O) groups excluding carboxylic acids is 1. The van der Waals surface area contributed by atoms with Gasteiger partial charge in [-0.3, -0.25) is 0 Å². The Morgan fingerprint density at radius 3 is 1.58 bits per heavy atom. The van der Waals surface area contributed by atoms with E-state index in [1.165, 1.54) is 35.2 Å². The zero-order chi connectivity index (χ0) is 21.6. The van der Waals surface area contributed by atoms with Crippen LogP contribution in [0.3, 0.4) is 0 Å². The summed E-state index contributed by atoms with van der Waals surface area (Å²) in [5.41, 5.74) is 0. The summed E-state index contributed by atoms with van der Waals surface area (Å²) in [5.74, 6) is 0.170. The summed E-state index contributed by atoms with van der Waals surface area (Å²) in [5, 5.41) is 4.09. The zero-order valence-electron chi connectivity index (χ0n) is 17.9. The number of hydrogen-bond acceptors (Lipinski definition) is 1. The number of rotatable bonds is 7. The Morgan fingerprint density at radius 2 is 1.16 bits per heavy atom. The fourth-order valence-corrected chi connectivity index (χ4v) is 12.2. The molecule has 4 heteroatoms. The third-order valence-electron chi connectivity index (χ3n) is 6.61. The number of amides is 1. The van der Waals surface area contributed by atoms with Gasteiger partial charge >= 0.3 is 194 Å². The first-order valence-electron chi connectivity index (χ1n) is 11.3. The second kappa shape index (κ2) is 9.67. The molecular weight excluding hydrogens is 465 g/mol. The SMILES string of the molecule is O=C(CCP(Br)(c1ccccc1)(c1ccccc1)c1ccccc1)NC1CCCCC1. The molecule has 0 aromatic heterocycles. The fraction of sp³-hybridized carbons (Fsp3) is 0.296. The Bertz CT molecular complexity index is 888. The van der Waals surface area contributed by atoms with Gasteiger partial charge in [-0.05, 0) is 0 Å². The van der Waals surface area contributed by atoms with E-state index >= 15 is 0 Å². The Balaban J connectivity index is 1.76. The average molecular weight is 496 g/mol. The van der Waals surface area contributed by atoms with Gasteiger partial charge < -0.3 is 0 Å². The van der Waals surface area contributed by atoms with E-state index in [1.54, 1.807) is 0 Å². The van der Waals surface area contributed by atoms with Gasteiger partial charge in [0.2, 0.25) is 0 Å². The molecule has 0 aliphatic heterocycles. The molecule has 3 aromatic rings. The Kier molecular flexibility index (Phi) is 6.94. The van der Waals surface area contributed by atoms with Gasteiger partial charge in [-0.2, -0.15) is 0 Å². The average Bonchev–Trinajstić information content (AvgIpc) is 2.85. The maximum absolute atomic E-state index is 13.1. The number of hydrogen-bond donors (Lipinski definition) is 1. The van der Waals surface area contributed by atoms with Crippen molar-refractivity contribution in [3.05, 3.63) is 91.0 Å². The van der Waals surface area contributed by atoms with Crippen LogP contribution >= 0.6 is 20.8 Å². The maximum atomic E-state index is 13.1. The van der Waals surface area contributed by atoms with Crippen molar-refractivity contribution in [3.63, 3.8) is 0 Å². The van der Waals surface area contributed by atoms with Crippen LogP contribution in [0.2, 0.25) is 0 Å². The van der Waals surface area contributed by atoms with Crippen LogP contribution in [0.5, 0.6) is 0 Å². The second-order valence-corrected chi connectivity index (χ2v) is 17.6. The van der Waals surface area contributed by atoms with E-state index in [2.05, 4.69) is 112 Å². The fourth-order valence-electron chi connectivity index (χ4n) is 4.91. The Morgan fingerprint density at radius 1 is 0.742 bits per heavy atom. The summed E-state index contributed by atoms with van der Waals surface area (Å²) in [7, 11) is 0. The van der Waals surface area contributed by atoms with Gasteiger partial charge in [0.25, 0.3) is 0 Å². The second-order valence-electron chi connectivity index (χ2n) is 8.57. The number of halogens is 1. The van der Waals surface area contributed by atoms with Crippen molar-refractivity contribution in [2.75, 3.05) is 6.16 Å². The molecule has 0 heterocycles. The molecule has 31 heavy (non-hydrogen) atoms. The summed E-state index contributed by atoms with van der Waals surface area (Å²) < 4.78 is 0. The molecule has 0 unspecified atom stereocenters. The molecule has 1 saturated carbocycles. The molecule has 4 rings (SSSR count). The predicted molar refractivity (Wildman–Crippen MR) is 139 cm³/mol. The molecule has 1 N–H and O–H groups in total. The summed E-state index contributed by atoms with van der Waals surface area (Å²) in [4.78, 5) is 13.1. The van der Waals surface area contributed by atoms with Crippen LogP contribution in [-0.4, -0.2) is 18.1 Å². The number of carbonyl (C=O) groups is 1. The van der Waals surface area contributed by atoms with Crippen LogP contribution in [0.15, 0.2) is 91.0 Å². The van der Waals surface area contributed by atoms with Crippen LogP contribution in [0.1, 0.15) is 38.5 Å². The summed E-state index contributed by atoms with van der Waals surface area (Å²) in [6, 6.07) is 32.4. The van der Waals surface area contributed by atoms with Gasteiger partial charge in [0.05, 0.1) is 0 Å². The molecule has 0 saturated heterocycles. The molecule has 0 atom stereocenters. The summed E-state index contributed by atoms with van der Waals surface area (Å²) in [6.07, 6.45) is 7.21. The minimum atomic E-state index is -3.02. The van der Waals surface area contributed by atoms with E-state index in [4.69, 9.17) is 0 Å². The molecule has 162 valence electrons. The molecule has 1 fully saturated rings. The van der Waals surface area contributed by atoms with Crippen LogP contribution in [-0.2, 0) is 4.79 Å². The molecule has 1 aliphatic rings. The van der Waals surface area contributed by atoms with Gasteiger partial charge in [0.15, 0.2) is 0 Å². The molecule has 0 bridgehead atoms.